The van der Waals surface area contributed by atoms with Crippen LogP contribution in [-0.2, 0) is 19.1 Å². The normalized spacial score (nSPS) is 15.1. The van der Waals surface area contributed by atoms with Crippen LogP contribution >= 0.6 is 31.9 Å². The van der Waals surface area contributed by atoms with E-state index in [-0.39, 0.29) is 28.2 Å². The average Bonchev–Trinajstić information content (AvgIpc) is 2.13. The van der Waals surface area contributed by atoms with E-state index in [1.807, 2.05) is 0 Å². The SMILES string of the molecule is CC(Br)C(=O)OCC(C)(C)OC(=O)C(C)Br. The average molecular weight is 360 g/mol. The second-order valence-corrected chi connectivity index (χ2v) is 6.77. The fourth-order valence-electron chi connectivity index (χ4n) is 0.743. The molecule has 0 aliphatic carbocycles. The van der Waals surface area contributed by atoms with Gasteiger partial charge in [0.2, 0.25) is 0 Å². The highest BCUT2D eigenvalue weighted by molar-refractivity contribution is 9.10. The van der Waals surface area contributed by atoms with E-state index in [0.29, 0.717) is 0 Å². The van der Waals surface area contributed by atoms with Crippen molar-refractivity contribution < 1.29 is 19.1 Å². The molecule has 0 saturated carbocycles. The molecule has 0 radical (unpaired) electrons. The summed E-state index contributed by atoms with van der Waals surface area (Å²) in [6.45, 7) is 6.75. The lowest BCUT2D eigenvalue weighted by Crippen LogP contribution is -2.37. The van der Waals surface area contributed by atoms with Gasteiger partial charge in [0.1, 0.15) is 21.9 Å². The van der Waals surface area contributed by atoms with Crippen LogP contribution in [0, 0.1) is 0 Å². The molecule has 0 aromatic carbocycles. The van der Waals surface area contributed by atoms with Gasteiger partial charge in [0.25, 0.3) is 0 Å². The van der Waals surface area contributed by atoms with Crippen LogP contribution in [0.2, 0.25) is 0 Å². The molecule has 4 nitrogen and oxygen atoms in total. The molecule has 0 aliphatic rings. The highest BCUT2D eigenvalue weighted by atomic mass is 79.9. The summed E-state index contributed by atoms with van der Waals surface area (Å²) in [4.78, 5) is 21.8. The lowest BCUT2D eigenvalue weighted by atomic mass is 10.1. The molecule has 94 valence electrons. The molecular formula is C10H16Br2O4. The van der Waals surface area contributed by atoms with E-state index >= 15 is 0 Å². The van der Waals surface area contributed by atoms with Crippen LogP contribution in [0.3, 0.4) is 0 Å². The van der Waals surface area contributed by atoms with Gasteiger partial charge in [-0.2, -0.15) is 0 Å². The van der Waals surface area contributed by atoms with Crippen molar-refractivity contribution in [2.24, 2.45) is 0 Å². The number of carbonyl (C=O) groups excluding carboxylic acids is 2. The maximum Gasteiger partial charge on any atom is 0.320 e. The summed E-state index contributed by atoms with van der Waals surface area (Å²) in [6.07, 6.45) is 0. The Hall–Kier alpha value is -0.100. The first-order valence-corrected chi connectivity index (χ1v) is 6.66. The van der Waals surface area contributed by atoms with E-state index in [2.05, 4.69) is 31.9 Å². The van der Waals surface area contributed by atoms with Gasteiger partial charge in [0.15, 0.2) is 0 Å². The molecule has 0 aromatic rings. The molecule has 0 heterocycles. The van der Waals surface area contributed by atoms with Gasteiger partial charge in [-0.1, -0.05) is 31.9 Å². The van der Waals surface area contributed by atoms with Crippen LogP contribution in [0.1, 0.15) is 27.7 Å². The van der Waals surface area contributed by atoms with Gasteiger partial charge in [0.05, 0.1) is 0 Å². The second-order valence-electron chi connectivity index (χ2n) is 4.02. The molecule has 0 amide bonds. The van der Waals surface area contributed by atoms with Gasteiger partial charge in [-0.25, -0.2) is 0 Å². The molecular weight excluding hydrogens is 344 g/mol. The monoisotopic (exact) mass is 358 g/mol. The minimum Gasteiger partial charge on any atom is -0.461 e. The van der Waals surface area contributed by atoms with Crippen LogP contribution in [0.4, 0.5) is 0 Å². The first kappa shape index (κ1) is 15.9. The van der Waals surface area contributed by atoms with E-state index in [4.69, 9.17) is 9.47 Å². The van der Waals surface area contributed by atoms with Crippen molar-refractivity contribution in [2.75, 3.05) is 6.61 Å². The van der Waals surface area contributed by atoms with Crippen molar-refractivity contribution in [1.29, 1.82) is 0 Å². The zero-order chi connectivity index (χ0) is 12.9. The van der Waals surface area contributed by atoms with Crippen molar-refractivity contribution in [3.63, 3.8) is 0 Å². The lowest BCUT2D eigenvalue weighted by Gasteiger charge is -2.25. The number of hydrogen-bond donors (Lipinski definition) is 0. The molecule has 6 heteroatoms. The number of ether oxygens (including phenoxy) is 2. The van der Waals surface area contributed by atoms with E-state index in [1.54, 1.807) is 27.7 Å². The summed E-state index contributed by atoms with van der Waals surface area (Å²) >= 11 is 6.20. The largest absolute Gasteiger partial charge is 0.461 e. The number of esters is 2. The van der Waals surface area contributed by atoms with Crippen LogP contribution in [0.15, 0.2) is 0 Å². The Morgan fingerprint density at radius 3 is 1.94 bits per heavy atom. The first-order valence-electron chi connectivity index (χ1n) is 4.83. The Bertz CT molecular complexity index is 262. The van der Waals surface area contributed by atoms with Gasteiger partial charge >= 0.3 is 11.9 Å². The third-order valence-electron chi connectivity index (χ3n) is 1.59. The van der Waals surface area contributed by atoms with E-state index in [1.165, 1.54) is 0 Å². The van der Waals surface area contributed by atoms with Crippen LogP contribution in [-0.4, -0.2) is 33.8 Å². The summed E-state index contributed by atoms with van der Waals surface area (Å²) < 4.78 is 10.1. The van der Waals surface area contributed by atoms with Gasteiger partial charge in [-0.15, -0.1) is 0 Å². The second kappa shape index (κ2) is 6.59. The predicted molar refractivity (Wildman–Crippen MR) is 67.9 cm³/mol. The Kier molecular flexibility index (Phi) is 6.55. The molecule has 0 aromatic heterocycles. The lowest BCUT2D eigenvalue weighted by molar-refractivity contribution is -0.167. The van der Waals surface area contributed by atoms with Crippen molar-refractivity contribution in [3.8, 4) is 0 Å². The van der Waals surface area contributed by atoms with Gasteiger partial charge in [-0.05, 0) is 27.7 Å². The summed E-state index contributed by atoms with van der Waals surface area (Å²) in [5.41, 5.74) is -0.823. The fourth-order valence-corrected chi connectivity index (χ4v) is 0.968. The quantitative estimate of drug-likeness (QED) is 0.558. The molecule has 0 spiro atoms. The third-order valence-corrected chi connectivity index (χ3v) is 2.34. The smallest absolute Gasteiger partial charge is 0.320 e. The van der Waals surface area contributed by atoms with Gasteiger partial charge in [0, 0.05) is 0 Å². The van der Waals surface area contributed by atoms with Crippen molar-refractivity contribution in [1.82, 2.24) is 0 Å². The summed E-state index contributed by atoms with van der Waals surface area (Å²) in [7, 11) is 0. The zero-order valence-corrected chi connectivity index (χ0v) is 12.9. The molecule has 0 aliphatic heterocycles. The summed E-state index contributed by atoms with van der Waals surface area (Å²) in [6, 6.07) is 0. The maximum atomic E-state index is 11.3. The van der Waals surface area contributed by atoms with Crippen molar-refractivity contribution >= 4 is 43.8 Å². The molecule has 0 fully saturated rings. The highest BCUT2D eigenvalue weighted by Gasteiger charge is 2.27. The highest BCUT2D eigenvalue weighted by Crippen LogP contribution is 2.14. The van der Waals surface area contributed by atoms with E-state index in [0.717, 1.165) is 0 Å². The molecule has 2 atom stereocenters. The minimum absolute atomic E-state index is 0.0350. The fraction of sp³-hybridized carbons (Fsp3) is 0.800. The number of carbonyl (C=O) groups is 2. The molecule has 2 unspecified atom stereocenters. The topological polar surface area (TPSA) is 52.6 Å². The Morgan fingerprint density at radius 2 is 1.56 bits per heavy atom. The van der Waals surface area contributed by atoms with Crippen LogP contribution in [0.5, 0.6) is 0 Å². The van der Waals surface area contributed by atoms with Gasteiger partial charge in [-0.3, -0.25) is 9.59 Å². The maximum absolute atomic E-state index is 11.3. The molecule has 0 saturated heterocycles. The van der Waals surface area contributed by atoms with E-state index in [9.17, 15) is 9.59 Å². The summed E-state index contributed by atoms with van der Waals surface area (Å²) in [5.74, 6) is -0.760. The van der Waals surface area contributed by atoms with E-state index < -0.39 is 5.60 Å². The molecule has 16 heavy (non-hydrogen) atoms. The molecule has 0 bridgehead atoms. The van der Waals surface area contributed by atoms with Crippen LogP contribution < -0.4 is 0 Å². The Morgan fingerprint density at radius 1 is 1.12 bits per heavy atom. The number of halogens is 2. The van der Waals surface area contributed by atoms with Crippen molar-refractivity contribution in [3.05, 3.63) is 0 Å². The first-order chi connectivity index (χ1) is 7.15. The van der Waals surface area contributed by atoms with Crippen molar-refractivity contribution in [2.45, 2.75) is 43.0 Å². The van der Waals surface area contributed by atoms with Gasteiger partial charge < -0.3 is 9.47 Å². The minimum atomic E-state index is -0.823. The third kappa shape index (κ3) is 6.48. The number of rotatable bonds is 5. The molecule has 0 N–H and O–H groups in total. The standard InChI is InChI=1S/C10H16Br2O4/c1-6(11)8(13)15-5-10(3,4)16-9(14)7(2)12/h6-7H,5H2,1-4H3. The Balaban J connectivity index is 4.15. The number of hydrogen-bond acceptors (Lipinski definition) is 4. The Labute approximate surface area is 112 Å². The predicted octanol–water partition coefficient (Wildman–Crippen LogP) is 2.42. The zero-order valence-electron chi connectivity index (χ0n) is 9.75. The number of alkyl halides is 2. The van der Waals surface area contributed by atoms with Crippen LogP contribution in [0.25, 0.3) is 0 Å². The molecule has 0 rings (SSSR count). The summed E-state index contributed by atoms with van der Waals surface area (Å²) in [5, 5.41) is 0.